The summed E-state index contributed by atoms with van der Waals surface area (Å²) in [5, 5.41) is 4.22. The molecule has 82 valence electrons. The molecular formula is C13H18OS. The van der Waals surface area contributed by atoms with E-state index in [1.54, 1.807) is 11.3 Å². The van der Waals surface area contributed by atoms with Gasteiger partial charge in [0.2, 0.25) is 0 Å². The first-order valence-corrected chi connectivity index (χ1v) is 6.69. The monoisotopic (exact) mass is 222 g/mol. The number of rotatable bonds is 4. The molecule has 0 aliphatic heterocycles. The Kier molecular flexibility index (Phi) is 3.25. The zero-order valence-corrected chi connectivity index (χ0v) is 10.1. The fourth-order valence-electron chi connectivity index (χ4n) is 2.43. The molecule has 0 aromatic carbocycles. The molecule has 1 aromatic heterocycles. The van der Waals surface area contributed by atoms with Gasteiger partial charge in [-0.2, -0.15) is 11.3 Å². The Morgan fingerprint density at radius 3 is 2.80 bits per heavy atom. The van der Waals surface area contributed by atoms with Gasteiger partial charge in [0.05, 0.1) is 0 Å². The van der Waals surface area contributed by atoms with Crippen molar-refractivity contribution >= 4 is 17.1 Å². The molecule has 0 spiro atoms. The minimum atomic E-state index is 0.00994. The number of carbonyl (C=O) groups is 1. The molecule has 1 aliphatic carbocycles. The van der Waals surface area contributed by atoms with Crippen molar-refractivity contribution in [1.29, 1.82) is 0 Å². The zero-order chi connectivity index (χ0) is 10.7. The summed E-state index contributed by atoms with van der Waals surface area (Å²) in [5.41, 5.74) is 1.32. The fourth-order valence-corrected chi connectivity index (χ4v) is 3.13. The Bertz CT molecular complexity index is 320. The molecule has 1 aromatic rings. The van der Waals surface area contributed by atoms with E-state index in [0.717, 1.165) is 25.7 Å². The molecule has 1 saturated carbocycles. The van der Waals surface area contributed by atoms with Crippen LogP contribution in [0.3, 0.4) is 0 Å². The third-order valence-corrected chi connectivity index (χ3v) is 4.33. The minimum Gasteiger partial charge on any atom is -0.299 e. The molecule has 0 bridgehead atoms. The Morgan fingerprint density at radius 1 is 1.47 bits per heavy atom. The zero-order valence-electron chi connectivity index (χ0n) is 9.29. The van der Waals surface area contributed by atoms with Crippen LogP contribution in [-0.4, -0.2) is 5.78 Å². The van der Waals surface area contributed by atoms with Crippen molar-refractivity contribution in [3.05, 3.63) is 22.4 Å². The smallest absolute Gasteiger partial charge is 0.139 e. The summed E-state index contributed by atoms with van der Waals surface area (Å²) in [7, 11) is 0. The summed E-state index contributed by atoms with van der Waals surface area (Å²) in [6.45, 7) is 2.15. The van der Waals surface area contributed by atoms with Gasteiger partial charge in [-0.3, -0.25) is 4.79 Å². The van der Waals surface area contributed by atoms with Crippen LogP contribution in [0.2, 0.25) is 0 Å². The summed E-state index contributed by atoms with van der Waals surface area (Å²) in [6, 6.07) is 2.12. The second-order valence-electron chi connectivity index (χ2n) is 4.82. The van der Waals surface area contributed by atoms with Gasteiger partial charge in [-0.05, 0) is 41.7 Å². The maximum Gasteiger partial charge on any atom is 0.139 e. The number of aryl methyl sites for hydroxylation is 1. The van der Waals surface area contributed by atoms with Crippen molar-refractivity contribution in [3.63, 3.8) is 0 Å². The first-order chi connectivity index (χ1) is 7.21. The van der Waals surface area contributed by atoms with Crippen molar-refractivity contribution in [3.8, 4) is 0 Å². The van der Waals surface area contributed by atoms with Crippen LogP contribution in [0.5, 0.6) is 0 Å². The Hall–Kier alpha value is -0.630. The van der Waals surface area contributed by atoms with E-state index < -0.39 is 0 Å². The van der Waals surface area contributed by atoms with Gasteiger partial charge in [0.15, 0.2) is 0 Å². The van der Waals surface area contributed by atoms with Crippen LogP contribution in [0, 0.1) is 5.41 Å². The van der Waals surface area contributed by atoms with Gasteiger partial charge in [0.1, 0.15) is 5.78 Å². The SMILES string of the molecule is CC1(C(=O)CCc2ccsc2)CCCC1. The average molecular weight is 222 g/mol. The van der Waals surface area contributed by atoms with Crippen molar-refractivity contribution in [2.75, 3.05) is 0 Å². The van der Waals surface area contributed by atoms with Gasteiger partial charge in [-0.25, -0.2) is 0 Å². The number of Topliss-reactive ketones (excluding diaryl/α,β-unsaturated/α-hetero) is 1. The van der Waals surface area contributed by atoms with Gasteiger partial charge < -0.3 is 0 Å². The van der Waals surface area contributed by atoms with Crippen LogP contribution < -0.4 is 0 Å². The van der Waals surface area contributed by atoms with Crippen LogP contribution >= 0.6 is 11.3 Å². The maximum absolute atomic E-state index is 12.1. The number of thiophene rings is 1. The van der Waals surface area contributed by atoms with Gasteiger partial charge >= 0.3 is 0 Å². The lowest BCUT2D eigenvalue weighted by atomic mass is 9.82. The molecule has 15 heavy (non-hydrogen) atoms. The third-order valence-electron chi connectivity index (χ3n) is 3.60. The lowest BCUT2D eigenvalue weighted by Gasteiger charge is -2.21. The summed E-state index contributed by atoms with van der Waals surface area (Å²) in [6.07, 6.45) is 6.34. The highest BCUT2D eigenvalue weighted by atomic mass is 32.1. The molecule has 2 rings (SSSR count). The average Bonchev–Trinajstić information content (AvgIpc) is 2.85. The lowest BCUT2D eigenvalue weighted by molar-refractivity contribution is -0.127. The Balaban J connectivity index is 1.87. The van der Waals surface area contributed by atoms with Crippen LogP contribution in [0.15, 0.2) is 16.8 Å². The fraction of sp³-hybridized carbons (Fsp3) is 0.615. The first kappa shape index (κ1) is 10.9. The maximum atomic E-state index is 12.1. The molecule has 0 saturated heterocycles. The van der Waals surface area contributed by atoms with E-state index in [4.69, 9.17) is 0 Å². The van der Waals surface area contributed by atoms with Crippen LogP contribution in [-0.2, 0) is 11.2 Å². The normalized spacial score (nSPS) is 19.3. The minimum absolute atomic E-state index is 0.00994. The number of hydrogen-bond acceptors (Lipinski definition) is 2. The number of carbonyl (C=O) groups excluding carboxylic acids is 1. The predicted octanol–water partition coefficient (Wildman–Crippen LogP) is 3.83. The van der Waals surface area contributed by atoms with Crippen molar-refractivity contribution in [2.24, 2.45) is 5.41 Å². The number of hydrogen-bond donors (Lipinski definition) is 0. The second kappa shape index (κ2) is 4.48. The first-order valence-electron chi connectivity index (χ1n) is 5.75. The highest BCUT2D eigenvalue weighted by Gasteiger charge is 2.35. The highest BCUT2D eigenvalue weighted by Crippen LogP contribution is 2.39. The number of ketones is 1. The van der Waals surface area contributed by atoms with E-state index in [1.165, 1.54) is 18.4 Å². The second-order valence-corrected chi connectivity index (χ2v) is 5.60. The van der Waals surface area contributed by atoms with E-state index in [1.807, 2.05) is 0 Å². The third kappa shape index (κ3) is 2.49. The van der Waals surface area contributed by atoms with E-state index in [-0.39, 0.29) is 5.41 Å². The van der Waals surface area contributed by atoms with E-state index in [0.29, 0.717) is 5.78 Å². The summed E-state index contributed by atoms with van der Waals surface area (Å²) in [5.74, 6) is 0.478. The van der Waals surface area contributed by atoms with E-state index >= 15 is 0 Å². The van der Waals surface area contributed by atoms with E-state index in [9.17, 15) is 4.79 Å². The Morgan fingerprint density at radius 2 is 2.20 bits per heavy atom. The lowest BCUT2D eigenvalue weighted by Crippen LogP contribution is -2.24. The van der Waals surface area contributed by atoms with Gasteiger partial charge in [0, 0.05) is 11.8 Å². The molecule has 1 heterocycles. The van der Waals surface area contributed by atoms with Crippen molar-refractivity contribution < 1.29 is 4.79 Å². The molecule has 2 heteroatoms. The molecule has 0 N–H and O–H groups in total. The molecule has 1 fully saturated rings. The predicted molar refractivity (Wildman–Crippen MR) is 64.2 cm³/mol. The topological polar surface area (TPSA) is 17.1 Å². The highest BCUT2D eigenvalue weighted by molar-refractivity contribution is 7.07. The van der Waals surface area contributed by atoms with Crippen LogP contribution in [0.4, 0.5) is 0 Å². The van der Waals surface area contributed by atoms with Crippen molar-refractivity contribution in [2.45, 2.75) is 45.4 Å². The van der Waals surface area contributed by atoms with Gasteiger partial charge in [-0.15, -0.1) is 0 Å². The van der Waals surface area contributed by atoms with Crippen LogP contribution in [0.25, 0.3) is 0 Å². The molecule has 0 amide bonds. The molecule has 0 atom stereocenters. The van der Waals surface area contributed by atoms with Gasteiger partial charge in [0.25, 0.3) is 0 Å². The molecule has 1 nitrogen and oxygen atoms in total. The Labute approximate surface area is 95.5 Å². The van der Waals surface area contributed by atoms with Crippen molar-refractivity contribution in [1.82, 2.24) is 0 Å². The molecular weight excluding hydrogens is 204 g/mol. The molecule has 0 radical (unpaired) electrons. The molecule has 1 aliphatic rings. The summed E-state index contributed by atoms with van der Waals surface area (Å²) >= 11 is 1.71. The summed E-state index contributed by atoms with van der Waals surface area (Å²) in [4.78, 5) is 12.1. The standard InChI is InChI=1S/C13H18OS/c1-13(7-2-3-8-13)12(14)5-4-11-6-9-15-10-11/h6,9-10H,2-5,7-8H2,1H3. The summed E-state index contributed by atoms with van der Waals surface area (Å²) < 4.78 is 0. The quantitative estimate of drug-likeness (QED) is 0.756. The largest absolute Gasteiger partial charge is 0.299 e. The van der Waals surface area contributed by atoms with E-state index in [2.05, 4.69) is 23.8 Å². The van der Waals surface area contributed by atoms with Crippen LogP contribution in [0.1, 0.15) is 44.6 Å². The van der Waals surface area contributed by atoms with Gasteiger partial charge in [-0.1, -0.05) is 19.8 Å². The molecule has 0 unspecified atom stereocenters.